The molecule has 0 aliphatic carbocycles. The highest BCUT2D eigenvalue weighted by Gasteiger charge is 2.46. The zero-order chi connectivity index (χ0) is 27.5. The van der Waals surface area contributed by atoms with Crippen molar-refractivity contribution >= 4 is 28.4 Å². The number of aliphatic hydroxyl groups is 1. The van der Waals surface area contributed by atoms with Crippen LogP contribution in [-0.4, -0.2) is 58.8 Å². The summed E-state index contributed by atoms with van der Waals surface area (Å²) in [4.78, 5) is 33.6. The highest BCUT2D eigenvalue weighted by atomic mass is 16.5. The summed E-state index contributed by atoms with van der Waals surface area (Å²) < 4.78 is 6.00. The second kappa shape index (κ2) is 11.2. The lowest BCUT2D eigenvalue weighted by molar-refractivity contribution is -0.139. The van der Waals surface area contributed by atoms with Gasteiger partial charge in [0.2, 0.25) is 0 Å². The van der Waals surface area contributed by atoms with Gasteiger partial charge in [0.05, 0.1) is 11.6 Å². The van der Waals surface area contributed by atoms with Crippen molar-refractivity contribution in [3.8, 4) is 5.75 Å². The number of aliphatic hydroxyl groups excluding tert-OH is 1. The normalized spacial score (nSPS) is 16.9. The summed E-state index contributed by atoms with van der Waals surface area (Å²) in [5.41, 5.74) is 4.14. The molecule has 1 saturated heterocycles. The Kier molecular flexibility index (Phi) is 7.52. The number of hydrogen-bond acceptors (Lipinski definition) is 5. The van der Waals surface area contributed by atoms with Crippen molar-refractivity contribution in [2.45, 2.75) is 26.0 Å². The molecule has 1 fully saturated rings. The van der Waals surface area contributed by atoms with Crippen LogP contribution in [0.2, 0.25) is 0 Å². The number of rotatable bonds is 9. The molecule has 0 saturated carbocycles. The SMILES string of the molecule is Cc1cc(/C(O)=C2\C(=O)C(=O)N(CCCN(C)C)C2c2c[nH]c3ccccc23)ccc1OCc1ccccc1. The molecule has 7 nitrogen and oxygen atoms in total. The van der Waals surface area contributed by atoms with Crippen molar-refractivity contribution in [2.75, 3.05) is 27.2 Å². The van der Waals surface area contributed by atoms with E-state index in [1.807, 2.05) is 86.7 Å². The Hall–Kier alpha value is -4.36. The summed E-state index contributed by atoms with van der Waals surface area (Å²) in [5, 5.41) is 12.4. The van der Waals surface area contributed by atoms with E-state index < -0.39 is 17.7 Å². The third-order valence-electron chi connectivity index (χ3n) is 7.15. The number of nitrogens with zero attached hydrogens (tertiary/aromatic N) is 2. The molecule has 0 spiro atoms. The molecule has 2 N–H and O–H groups in total. The summed E-state index contributed by atoms with van der Waals surface area (Å²) in [6.45, 7) is 3.49. The van der Waals surface area contributed by atoms with Gasteiger partial charge in [0.25, 0.3) is 11.7 Å². The van der Waals surface area contributed by atoms with Gasteiger partial charge in [-0.25, -0.2) is 0 Å². The number of para-hydroxylation sites is 1. The van der Waals surface area contributed by atoms with Gasteiger partial charge in [-0.05, 0) is 69.4 Å². The number of aryl methyl sites for hydroxylation is 1. The number of likely N-dealkylation sites (tertiary alicyclic amines) is 1. The number of Topliss-reactive ketones (excluding diaryl/α,β-unsaturated/α-hetero) is 1. The van der Waals surface area contributed by atoms with Crippen LogP contribution in [-0.2, 0) is 16.2 Å². The largest absolute Gasteiger partial charge is 0.507 e. The molecular weight excluding hydrogens is 490 g/mol. The first-order chi connectivity index (χ1) is 18.8. The fourth-order valence-electron chi connectivity index (χ4n) is 5.16. The van der Waals surface area contributed by atoms with Crippen LogP contribution in [0.5, 0.6) is 5.75 Å². The minimum atomic E-state index is -0.697. The Balaban J connectivity index is 1.52. The minimum absolute atomic E-state index is 0.104. The molecule has 1 unspecified atom stereocenters. The molecule has 1 amide bonds. The first kappa shape index (κ1) is 26.3. The monoisotopic (exact) mass is 523 g/mol. The molecule has 1 atom stereocenters. The number of ether oxygens (including phenoxy) is 1. The maximum absolute atomic E-state index is 13.4. The number of amides is 1. The predicted molar refractivity (Wildman–Crippen MR) is 152 cm³/mol. The molecule has 5 rings (SSSR count). The Morgan fingerprint density at radius 2 is 1.77 bits per heavy atom. The molecule has 1 aliphatic heterocycles. The number of nitrogens with one attached hydrogen (secondary N) is 1. The molecule has 1 aromatic heterocycles. The number of carbonyl (C=O) groups excluding carboxylic acids is 2. The van der Waals surface area contributed by atoms with Crippen LogP contribution in [0.15, 0.2) is 84.6 Å². The maximum Gasteiger partial charge on any atom is 0.295 e. The Bertz CT molecular complexity index is 1540. The zero-order valence-corrected chi connectivity index (χ0v) is 22.5. The molecular formula is C32H33N3O4. The minimum Gasteiger partial charge on any atom is -0.507 e. The van der Waals surface area contributed by atoms with E-state index in [1.54, 1.807) is 23.1 Å². The first-order valence-corrected chi connectivity index (χ1v) is 13.1. The van der Waals surface area contributed by atoms with E-state index in [-0.39, 0.29) is 11.3 Å². The van der Waals surface area contributed by atoms with Gasteiger partial charge in [-0.3, -0.25) is 9.59 Å². The van der Waals surface area contributed by atoms with Crippen molar-refractivity contribution in [3.05, 3.63) is 107 Å². The van der Waals surface area contributed by atoms with Crippen molar-refractivity contribution in [1.82, 2.24) is 14.8 Å². The van der Waals surface area contributed by atoms with Crippen LogP contribution >= 0.6 is 0 Å². The van der Waals surface area contributed by atoms with Gasteiger partial charge in [-0.2, -0.15) is 0 Å². The van der Waals surface area contributed by atoms with Crippen molar-refractivity contribution in [3.63, 3.8) is 0 Å². The zero-order valence-electron chi connectivity index (χ0n) is 22.5. The molecule has 2 heterocycles. The number of hydrogen-bond donors (Lipinski definition) is 2. The molecule has 1 aliphatic rings. The summed E-state index contributed by atoms with van der Waals surface area (Å²) >= 11 is 0. The summed E-state index contributed by atoms with van der Waals surface area (Å²) in [5.74, 6) is -0.760. The van der Waals surface area contributed by atoms with Crippen LogP contribution in [0, 0.1) is 6.92 Å². The van der Waals surface area contributed by atoms with E-state index in [2.05, 4.69) is 4.98 Å². The molecule has 4 aromatic rings. The lowest BCUT2D eigenvalue weighted by atomic mass is 9.94. The molecule has 3 aromatic carbocycles. The molecule has 200 valence electrons. The van der Waals surface area contributed by atoms with E-state index in [9.17, 15) is 14.7 Å². The molecule has 39 heavy (non-hydrogen) atoms. The number of carbonyl (C=O) groups is 2. The Morgan fingerprint density at radius 1 is 1.03 bits per heavy atom. The first-order valence-electron chi connectivity index (χ1n) is 13.1. The quantitative estimate of drug-likeness (QED) is 0.174. The van der Waals surface area contributed by atoms with E-state index in [0.717, 1.165) is 34.1 Å². The van der Waals surface area contributed by atoms with Crippen molar-refractivity contribution < 1.29 is 19.4 Å². The number of benzene rings is 3. The van der Waals surface area contributed by atoms with E-state index in [0.29, 0.717) is 30.9 Å². The average molecular weight is 524 g/mol. The molecule has 0 radical (unpaired) electrons. The van der Waals surface area contributed by atoms with Gasteiger partial charge in [0, 0.05) is 34.8 Å². The number of aromatic amines is 1. The highest BCUT2D eigenvalue weighted by molar-refractivity contribution is 6.46. The maximum atomic E-state index is 13.4. The number of fused-ring (bicyclic) bond motifs is 1. The van der Waals surface area contributed by atoms with Crippen LogP contribution in [0.1, 0.15) is 34.7 Å². The van der Waals surface area contributed by atoms with Crippen molar-refractivity contribution in [2.24, 2.45) is 0 Å². The Morgan fingerprint density at radius 3 is 2.51 bits per heavy atom. The fraction of sp³-hybridized carbons (Fsp3) is 0.250. The number of ketones is 1. The van der Waals surface area contributed by atoms with Crippen molar-refractivity contribution in [1.29, 1.82) is 0 Å². The van der Waals surface area contributed by atoms with Crippen LogP contribution in [0.25, 0.3) is 16.7 Å². The molecule has 7 heteroatoms. The average Bonchev–Trinajstić information content (AvgIpc) is 3.46. The van der Waals surface area contributed by atoms with E-state index in [1.165, 1.54) is 0 Å². The van der Waals surface area contributed by atoms with Crippen LogP contribution in [0.3, 0.4) is 0 Å². The Labute approximate surface area is 228 Å². The lowest BCUT2D eigenvalue weighted by Crippen LogP contribution is -2.32. The lowest BCUT2D eigenvalue weighted by Gasteiger charge is -2.25. The second-order valence-corrected chi connectivity index (χ2v) is 10.2. The summed E-state index contributed by atoms with van der Waals surface area (Å²) in [6, 6.07) is 22.3. The van der Waals surface area contributed by atoms with E-state index in [4.69, 9.17) is 4.74 Å². The van der Waals surface area contributed by atoms with Gasteiger partial charge in [0.1, 0.15) is 18.1 Å². The number of H-pyrrole nitrogens is 1. The third kappa shape index (κ3) is 5.31. The van der Waals surface area contributed by atoms with Gasteiger partial charge >= 0.3 is 0 Å². The highest BCUT2D eigenvalue weighted by Crippen LogP contribution is 2.42. The number of aromatic nitrogens is 1. The van der Waals surface area contributed by atoms with Crippen LogP contribution in [0.4, 0.5) is 0 Å². The van der Waals surface area contributed by atoms with Gasteiger partial charge in [-0.15, -0.1) is 0 Å². The topological polar surface area (TPSA) is 85.9 Å². The van der Waals surface area contributed by atoms with Crippen LogP contribution < -0.4 is 4.74 Å². The van der Waals surface area contributed by atoms with Gasteiger partial charge < -0.3 is 24.6 Å². The second-order valence-electron chi connectivity index (χ2n) is 10.2. The smallest absolute Gasteiger partial charge is 0.295 e. The predicted octanol–water partition coefficient (Wildman–Crippen LogP) is 5.43. The summed E-state index contributed by atoms with van der Waals surface area (Å²) in [7, 11) is 3.95. The standard InChI is InChI=1S/C32H33N3O4/c1-21-18-23(14-15-27(21)39-20-22-10-5-4-6-11-22)30(36)28-29(25-19-33-26-13-8-7-12-24(25)26)35(32(38)31(28)37)17-9-16-34(2)3/h4-8,10-15,18-19,29,33,36H,9,16-17,20H2,1-3H3/b30-28+. The third-order valence-corrected chi connectivity index (χ3v) is 7.15. The van der Waals surface area contributed by atoms with E-state index >= 15 is 0 Å². The molecule has 0 bridgehead atoms. The van der Waals surface area contributed by atoms with Gasteiger partial charge in [-0.1, -0.05) is 48.5 Å². The van der Waals surface area contributed by atoms with Gasteiger partial charge in [0.15, 0.2) is 0 Å². The fourth-order valence-corrected chi connectivity index (χ4v) is 5.16. The summed E-state index contributed by atoms with van der Waals surface area (Å²) in [6.07, 6.45) is 2.53.